The maximum absolute atomic E-state index is 13.2. The second-order valence-electron chi connectivity index (χ2n) is 6.64. The number of fused-ring (bicyclic) bond motifs is 1. The summed E-state index contributed by atoms with van der Waals surface area (Å²) in [6.45, 7) is 3.92. The Morgan fingerprint density at radius 2 is 1.97 bits per heavy atom. The Hall–Kier alpha value is -3.29. The number of esters is 1. The van der Waals surface area contributed by atoms with E-state index in [2.05, 4.69) is 22.4 Å². The molecule has 3 aromatic rings. The molecule has 0 bridgehead atoms. The molecule has 1 amide bonds. The van der Waals surface area contributed by atoms with E-state index in [1.54, 1.807) is 19.1 Å². The van der Waals surface area contributed by atoms with Crippen LogP contribution in [-0.4, -0.2) is 35.2 Å². The first-order chi connectivity index (χ1) is 14.0. The molecule has 7 nitrogen and oxygen atoms in total. The third kappa shape index (κ3) is 4.96. The number of amides is 1. The SMILES string of the molecule is CCCCCNC(=O)COC(=O)c1cc(-c2ccc(F)cc2)nc2onc(C)c12. The molecular weight excluding hydrogens is 377 g/mol. The zero-order chi connectivity index (χ0) is 20.8. The smallest absolute Gasteiger partial charge is 0.339 e. The van der Waals surface area contributed by atoms with Crippen LogP contribution in [0.25, 0.3) is 22.4 Å². The van der Waals surface area contributed by atoms with Crippen LogP contribution < -0.4 is 5.32 Å². The van der Waals surface area contributed by atoms with Crippen molar-refractivity contribution in [2.45, 2.75) is 33.1 Å². The normalized spacial score (nSPS) is 10.9. The lowest BCUT2D eigenvalue weighted by Crippen LogP contribution is -2.29. The van der Waals surface area contributed by atoms with Gasteiger partial charge in [0.15, 0.2) is 6.61 Å². The van der Waals surface area contributed by atoms with E-state index in [0.717, 1.165) is 19.3 Å². The van der Waals surface area contributed by atoms with Crippen molar-refractivity contribution in [3.05, 3.63) is 47.4 Å². The number of unbranched alkanes of at least 4 members (excludes halogenated alkanes) is 2. The average molecular weight is 399 g/mol. The van der Waals surface area contributed by atoms with E-state index in [9.17, 15) is 14.0 Å². The van der Waals surface area contributed by atoms with E-state index in [1.807, 2.05) is 0 Å². The van der Waals surface area contributed by atoms with Gasteiger partial charge in [0, 0.05) is 12.1 Å². The highest BCUT2D eigenvalue weighted by molar-refractivity contribution is 6.04. The molecule has 0 spiro atoms. The van der Waals surface area contributed by atoms with Crippen LogP contribution in [0.15, 0.2) is 34.9 Å². The lowest BCUT2D eigenvalue weighted by atomic mass is 10.1. The minimum absolute atomic E-state index is 0.167. The molecular formula is C21H22FN3O4. The third-order valence-corrected chi connectivity index (χ3v) is 4.41. The van der Waals surface area contributed by atoms with Crippen LogP contribution in [0.1, 0.15) is 42.2 Å². The topological polar surface area (TPSA) is 94.3 Å². The molecule has 152 valence electrons. The Bertz CT molecular complexity index is 1010. The maximum Gasteiger partial charge on any atom is 0.339 e. The van der Waals surface area contributed by atoms with Crippen molar-refractivity contribution in [3.63, 3.8) is 0 Å². The number of ether oxygens (including phenoxy) is 1. The summed E-state index contributed by atoms with van der Waals surface area (Å²) in [6, 6.07) is 7.22. The Morgan fingerprint density at radius 3 is 2.69 bits per heavy atom. The van der Waals surface area contributed by atoms with E-state index in [0.29, 0.717) is 28.9 Å². The predicted molar refractivity (Wildman–Crippen MR) is 105 cm³/mol. The van der Waals surface area contributed by atoms with Gasteiger partial charge in [0.25, 0.3) is 11.6 Å². The molecule has 2 aromatic heterocycles. The van der Waals surface area contributed by atoms with Crippen molar-refractivity contribution >= 4 is 23.0 Å². The van der Waals surface area contributed by atoms with Gasteiger partial charge in [-0.3, -0.25) is 4.79 Å². The molecule has 3 rings (SSSR count). The fourth-order valence-electron chi connectivity index (χ4n) is 2.89. The number of carbonyl (C=O) groups excluding carboxylic acids is 2. The molecule has 29 heavy (non-hydrogen) atoms. The molecule has 0 aliphatic carbocycles. The fourth-order valence-corrected chi connectivity index (χ4v) is 2.89. The number of aromatic nitrogens is 2. The molecule has 0 saturated carbocycles. The maximum atomic E-state index is 13.2. The molecule has 2 heterocycles. The second-order valence-corrected chi connectivity index (χ2v) is 6.64. The highest BCUT2D eigenvalue weighted by Gasteiger charge is 2.21. The van der Waals surface area contributed by atoms with Gasteiger partial charge in [-0.15, -0.1) is 0 Å². The Labute approximate surface area is 167 Å². The quantitative estimate of drug-likeness (QED) is 0.457. The first kappa shape index (κ1) is 20.4. The van der Waals surface area contributed by atoms with Gasteiger partial charge in [-0.25, -0.2) is 14.2 Å². The summed E-state index contributed by atoms with van der Waals surface area (Å²) in [6.07, 6.45) is 2.95. The van der Waals surface area contributed by atoms with Gasteiger partial charge in [0.05, 0.1) is 22.3 Å². The van der Waals surface area contributed by atoms with Crippen molar-refractivity contribution < 1.29 is 23.2 Å². The number of aryl methyl sites for hydroxylation is 1. The zero-order valence-electron chi connectivity index (χ0n) is 16.3. The Kier molecular flexibility index (Phi) is 6.54. The third-order valence-electron chi connectivity index (χ3n) is 4.41. The van der Waals surface area contributed by atoms with E-state index < -0.39 is 5.97 Å². The molecule has 0 aliphatic rings. The first-order valence-electron chi connectivity index (χ1n) is 9.46. The van der Waals surface area contributed by atoms with Crippen molar-refractivity contribution in [3.8, 4) is 11.3 Å². The van der Waals surface area contributed by atoms with E-state index >= 15 is 0 Å². The zero-order valence-corrected chi connectivity index (χ0v) is 16.3. The Balaban J connectivity index is 1.80. The van der Waals surface area contributed by atoms with Crippen molar-refractivity contribution in [2.24, 2.45) is 0 Å². The summed E-state index contributed by atoms with van der Waals surface area (Å²) in [7, 11) is 0. The lowest BCUT2D eigenvalue weighted by molar-refractivity contribution is -0.124. The highest BCUT2D eigenvalue weighted by atomic mass is 19.1. The monoisotopic (exact) mass is 399 g/mol. The minimum Gasteiger partial charge on any atom is -0.452 e. The molecule has 8 heteroatoms. The van der Waals surface area contributed by atoms with Crippen LogP contribution in [0.4, 0.5) is 4.39 Å². The van der Waals surface area contributed by atoms with Gasteiger partial charge >= 0.3 is 5.97 Å². The van der Waals surface area contributed by atoms with E-state index in [4.69, 9.17) is 9.26 Å². The van der Waals surface area contributed by atoms with Crippen molar-refractivity contribution in [1.29, 1.82) is 0 Å². The number of benzene rings is 1. The van der Waals surface area contributed by atoms with Crippen LogP contribution in [0.5, 0.6) is 0 Å². The number of hydrogen-bond donors (Lipinski definition) is 1. The first-order valence-corrected chi connectivity index (χ1v) is 9.46. The number of halogens is 1. The predicted octanol–water partition coefficient (Wildman–Crippen LogP) is 3.80. The van der Waals surface area contributed by atoms with Crippen LogP contribution in [0.2, 0.25) is 0 Å². The van der Waals surface area contributed by atoms with Gasteiger partial charge in [0.2, 0.25) is 0 Å². The number of carbonyl (C=O) groups is 2. The summed E-state index contributed by atoms with van der Waals surface area (Å²) < 4.78 is 23.6. The highest BCUT2D eigenvalue weighted by Crippen LogP contribution is 2.27. The largest absolute Gasteiger partial charge is 0.452 e. The number of rotatable bonds is 8. The van der Waals surface area contributed by atoms with Gasteiger partial charge in [-0.1, -0.05) is 24.9 Å². The molecule has 0 saturated heterocycles. The van der Waals surface area contributed by atoms with Gasteiger partial charge < -0.3 is 14.6 Å². The molecule has 0 aliphatic heterocycles. The number of hydrogen-bond acceptors (Lipinski definition) is 6. The van der Waals surface area contributed by atoms with Crippen molar-refractivity contribution in [2.75, 3.05) is 13.2 Å². The number of pyridine rings is 1. The van der Waals surface area contributed by atoms with E-state index in [1.165, 1.54) is 18.2 Å². The summed E-state index contributed by atoms with van der Waals surface area (Å²) in [5.41, 5.74) is 1.84. The Morgan fingerprint density at radius 1 is 1.21 bits per heavy atom. The summed E-state index contributed by atoms with van der Waals surface area (Å²) in [5, 5.41) is 6.99. The van der Waals surface area contributed by atoms with Crippen molar-refractivity contribution in [1.82, 2.24) is 15.5 Å². The fraction of sp³-hybridized carbons (Fsp3) is 0.333. The summed E-state index contributed by atoms with van der Waals surface area (Å²) >= 11 is 0. The number of nitrogens with one attached hydrogen (secondary N) is 1. The van der Waals surface area contributed by atoms with Crippen LogP contribution in [0.3, 0.4) is 0 Å². The average Bonchev–Trinajstić information content (AvgIpc) is 3.10. The lowest BCUT2D eigenvalue weighted by Gasteiger charge is -2.08. The molecule has 0 unspecified atom stereocenters. The minimum atomic E-state index is -0.684. The molecule has 1 N–H and O–H groups in total. The van der Waals surface area contributed by atoms with Gasteiger partial charge in [-0.05, 0) is 43.7 Å². The molecule has 1 aromatic carbocycles. The standard InChI is InChI=1S/C21H22FN3O4/c1-3-4-5-10-23-18(26)12-28-21(27)16-11-17(14-6-8-15(22)9-7-14)24-20-19(16)13(2)25-29-20/h6-9,11H,3-5,10,12H2,1-2H3,(H,23,26). The van der Waals surface area contributed by atoms with Crippen LogP contribution in [0, 0.1) is 12.7 Å². The van der Waals surface area contributed by atoms with E-state index in [-0.39, 0.29) is 29.6 Å². The van der Waals surface area contributed by atoms with Crippen LogP contribution in [-0.2, 0) is 9.53 Å². The molecule has 0 atom stereocenters. The summed E-state index contributed by atoms with van der Waals surface area (Å²) in [5.74, 6) is -1.42. The van der Waals surface area contributed by atoms with Gasteiger partial charge in [0.1, 0.15) is 5.82 Å². The van der Waals surface area contributed by atoms with Gasteiger partial charge in [-0.2, -0.15) is 0 Å². The molecule has 0 fully saturated rings. The summed E-state index contributed by atoms with van der Waals surface area (Å²) in [4.78, 5) is 28.9. The number of nitrogens with zero attached hydrogens (tertiary/aromatic N) is 2. The second kappa shape index (κ2) is 9.27. The van der Waals surface area contributed by atoms with Crippen LogP contribution >= 0.6 is 0 Å². The molecule has 0 radical (unpaired) electrons.